The van der Waals surface area contributed by atoms with Crippen LogP contribution in [0.15, 0.2) is 12.2 Å². The van der Waals surface area contributed by atoms with Crippen molar-refractivity contribution >= 4 is 23.9 Å². The van der Waals surface area contributed by atoms with Crippen LogP contribution in [0.3, 0.4) is 0 Å². The molecule has 3 rings (SSSR count). The Balaban J connectivity index is 1.87. The second-order valence-electron chi connectivity index (χ2n) is 8.66. The summed E-state index contributed by atoms with van der Waals surface area (Å²) in [6, 6.07) is 0. The third kappa shape index (κ3) is 3.30. The van der Waals surface area contributed by atoms with Crippen molar-refractivity contribution in [2.24, 2.45) is 34.5 Å². The fourth-order valence-corrected chi connectivity index (χ4v) is 6.03. The average Bonchev–Trinajstić information content (AvgIpc) is 2.80. The van der Waals surface area contributed by atoms with Crippen LogP contribution in [0.25, 0.3) is 0 Å². The highest BCUT2D eigenvalue weighted by Crippen LogP contribution is 2.56. The third-order valence-corrected chi connectivity index (χ3v) is 7.54. The molecule has 0 saturated heterocycles. The lowest BCUT2D eigenvalue weighted by atomic mass is 9.53. The number of carbonyl (C=O) groups excluding carboxylic acids is 4. The molecule has 2 fully saturated rings. The minimum atomic E-state index is -1.28. The summed E-state index contributed by atoms with van der Waals surface area (Å²) in [4.78, 5) is 50.0. The van der Waals surface area contributed by atoms with E-state index in [1.807, 2.05) is 12.2 Å². The normalized spacial score (nSPS) is 30.8. The van der Waals surface area contributed by atoms with Crippen molar-refractivity contribution in [3.8, 4) is 0 Å². The molecule has 8 heteroatoms. The van der Waals surface area contributed by atoms with Crippen LogP contribution in [0.5, 0.6) is 0 Å². The van der Waals surface area contributed by atoms with Crippen LogP contribution in [0.2, 0.25) is 0 Å². The number of methoxy groups -OCH3 is 4. The molecular formula is C22H30O8. The van der Waals surface area contributed by atoms with Gasteiger partial charge in [-0.25, -0.2) is 0 Å². The molecule has 0 aliphatic heterocycles. The molecule has 30 heavy (non-hydrogen) atoms. The van der Waals surface area contributed by atoms with Crippen molar-refractivity contribution in [3.63, 3.8) is 0 Å². The first-order valence-electron chi connectivity index (χ1n) is 10.3. The van der Waals surface area contributed by atoms with Gasteiger partial charge in [0.05, 0.1) is 28.4 Å². The van der Waals surface area contributed by atoms with Crippen LogP contribution in [0, 0.1) is 34.5 Å². The van der Waals surface area contributed by atoms with E-state index in [2.05, 4.69) is 0 Å². The van der Waals surface area contributed by atoms with Crippen LogP contribution in [-0.2, 0) is 38.1 Å². The van der Waals surface area contributed by atoms with Crippen LogP contribution < -0.4 is 0 Å². The Morgan fingerprint density at radius 3 is 1.20 bits per heavy atom. The monoisotopic (exact) mass is 422 g/mol. The van der Waals surface area contributed by atoms with Crippen LogP contribution in [0.1, 0.15) is 38.5 Å². The molecule has 3 aliphatic carbocycles. The van der Waals surface area contributed by atoms with Crippen molar-refractivity contribution in [2.75, 3.05) is 28.4 Å². The summed E-state index contributed by atoms with van der Waals surface area (Å²) < 4.78 is 19.8. The molecule has 0 radical (unpaired) electrons. The minimum absolute atomic E-state index is 0.0296. The number of esters is 4. The van der Waals surface area contributed by atoms with Crippen molar-refractivity contribution in [1.29, 1.82) is 0 Å². The number of fused-ring (bicyclic) bond motifs is 3. The number of rotatable bonds is 4. The van der Waals surface area contributed by atoms with Gasteiger partial charge in [0.15, 0.2) is 10.8 Å². The van der Waals surface area contributed by atoms with Crippen LogP contribution in [0.4, 0.5) is 0 Å². The highest BCUT2D eigenvalue weighted by Gasteiger charge is 2.59. The van der Waals surface area contributed by atoms with Gasteiger partial charge in [-0.15, -0.1) is 0 Å². The zero-order valence-corrected chi connectivity index (χ0v) is 18.0. The van der Waals surface area contributed by atoms with E-state index in [-0.39, 0.29) is 23.7 Å². The zero-order valence-electron chi connectivity index (χ0n) is 18.0. The number of ether oxygens (including phenoxy) is 4. The number of carbonyl (C=O) groups is 4. The van der Waals surface area contributed by atoms with Gasteiger partial charge in [0, 0.05) is 0 Å². The Bertz CT molecular complexity index is 660. The lowest BCUT2D eigenvalue weighted by Crippen LogP contribution is -2.52. The van der Waals surface area contributed by atoms with Crippen molar-refractivity contribution in [1.82, 2.24) is 0 Å². The molecule has 0 unspecified atom stereocenters. The van der Waals surface area contributed by atoms with E-state index in [1.165, 1.54) is 28.4 Å². The van der Waals surface area contributed by atoms with E-state index >= 15 is 0 Å². The fourth-order valence-electron chi connectivity index (χ4n) is 6.03. The Hall–Kier alpha value is -2.38. The largest absolute Gasteiger partial charge is 0.468 e. The Labute approximate surface area is 176 Å². The summed E-state index contributed by atoms with van der Waals surface area (Å²) in [5.74, 6) is -1.63. The lowest BCUT2D eigenvalue weighted by Gasteiger charge is -2.50. The summed E-state index contributed by atoms with van der Waals surface area (Å²) in [5, 5.41) is 0. The quantitative estimate of drug-likeness (QED) is 0.293. The number of hydrogen-bond acceptors (Lipinski definition) is 8. The van der Waals surface area contributed by atoms with Crippen LogP contribution >= 0.6 is 0 Å². The van der Waals surface area contributed by atoms with Crippen molar-refractivity contribution in [3.05, 3.63) is 12.2 Å². The molecule has 0 aromatic heterocycles. The smallest absolute Gasteiger partial charge is 0.323 e. The first kappa shape index (κ1) is 22.3. The molecule has 3 aliphatic rings. The highest BCUT2D eigenvalue weighted by atomic mass is 16.6. The van der Waals surface area contributed by atoms with Gasteiger partial charge in [-0.3, -0.25) is 19.2 Å². The average molecular weight is 422 g/mol. The van der Waals surface area contributed by atoms with Gasteiger partial charge in [-0.1, -0.05) is 12.2 Å². The van der Waals surface area contributed by atoms with E-state index in [4.69, 9.17) is 18.9 Å². The lowest BCUT2D eigenvalue weighted by molar-refractivity contribution is -0.179. The summed E-state index contributed by atoms with van der Waals surface area (Å²) in [7, 11) is 5.14. The maximum Gasteiger partial charge on any atom is 0.323 e. The van der Waals surface area contributed by atoms with Gasteiger partial charge in [0.2, 0.25) is 0 Å². The maximum absolute atomic E-state index is 12.5. The first-order chi connectivity index (χ1) is 14.3. The molecule has 0 N–H and O–H groups in total. The summed E-state index contributed by atoms with van der Waals surface area (Å²) in [6.07, 6.45) is 6.80. The second kappa shape index (κ2) is 8.40. The molecular weight excluding hydrogens is 392 g/mol. The summed E-state index contributed by atoms with van der Waals surface area (Å²) >= 11 is 0. The molecule has 0 aromatic rings. The van der Waals surface area contributed by atoms with Crippen molar-refractivity contribution < 1.29 is 38.1 Å². The molecule has 2 saturated carbocycles. The van der Waals surface area contributed by atoms with Crippen molar-refractivity contribution in [2.45, 2.75) is 38.5 Å². The Kier molecular flexibility index (Phi) is 6.24. The zero-order chi connectivity index (χ0) is 22.1. The third-order valence-electron chi connectivity index (χ3n) is 7.54. The topological polar surface area (TPSA) is 105 Å². The van der Waals surface area contributed by atoms with E-state index in [9.17, 15) is 19.2 Å². The standard InChI is InChI=1S/C22H30O8/c1-27-17(23)21(18(24)28-2)9-7-15-13(11-21)5-6-14-12-22(19(25)29-3,20(26)30-4)10-8-16(14)15/h5-6,13-16H,7-12H2,1-4H3/t13-,14+,15-,16+. The number of hydrogen-bond donors (Lipinski definition) is 0. The molecule has 4 atom stereocenters. The van der Waals surface area contributed by atoms with Gasteiger partial charge in [-0.2, -0.15) is 0 Å². The van der Waals surface area contributed by atoms with E-state index in [1.54, 1.807) is 0 Å². The van der Waals surface area contributed by atoms with Gasteiger partial charge in [-0.05, 0) is 62.2 Å². The Morgan fingerprint density at radius 1 is 0.633 bits per heavy atom. The molecule has 0 aromatic carbocycles. The van der Waals surface area contributed by atoms with E-state index < -0.39 is 34.7 Å². The molecule has 0 amide bonds. The van der Waals surface area contributed by atoms with E-state index in [0.717, 1.165) is 0 Å². The first-order valence-corrected chi connectivity index (χ1v) is 10.3. The minimum Gasteiger partial charge on any atom is -0.468 e. The second-order valence-corrected chi connectivity index (χ2v) is 8.66. The van der Waals surface area contributed by atoms with Crippen LogP contribution in [-0.4, -0.2) is 52.3 Å². The van der Waals surface area contributed by atoms with Gasteiger partial charge in [0.25, 0.3) is 0 Å². The molecule has 0 spiro atoms. The fraction of sp³-hybridized carbons (Fsp3) is 0.727. The van der Waals surface area contributed by atoms with Gasteiger partial charge >= 0.3 is 23.9 Å². The predicted octanol–water partition coefficient (Wildman–Crippen LogP) is 2.05. The predicted molar refractivity (Wildman–Crippen MR) is 104 cm³/mol. The van der Waals surface area contributed by atoms with Gasteiger partial charge < -0.3 is 18.9 Å². The summed E-state index contributed by atoms with van der Waals surface area (Å²) in [6.45, 7) is 0. The summed E-state index contributed by atoms with van der Waals surface area (Å²) in [5.41, 5.74) is -2.56. The maximum atomic E-state index is 12.5. The molecule has 0 bridgehead atoms. The molecule has 0 heterocycles. The highest BCUT2D eigenvalue weighted by molar-refractivity contribution is 6.00. The van der Waals surface area contributed by atoms with Gasteiger partial charge in [0.1, 0.15) is 0 Å². The van der Waals surface area contributed by atoms with E-state index in [0.29, 0.717) is 38.5 Å². The molecule has 8 nitrogen and oxygen atoms in total. The Morgan fingerprint density at radius 2 is 0.933 bits per heavy atom. The SMILES string of the molecule is COC(=O)C1(C(=O)OC)CC[C@H]2[C@H]3CCC(C(=O)OC)(C(=O)OC)C[C@@H]3C=C[C@@H]2C1. The molecule has 166 valence electrons. The number of allylic oxidation sites excluding steroid dienone is 2.